The van der Waals surface area contributed by atoms with Crippen molar-refractivity contribution in [1.29, 1.82) is 0 Å². The van der Waals surface area contributed by atoms with Gasteiger partial charge in [-0.1, -0.05) is 18.2 Å². The Morgan fingerprint density at radius 3 is 2.69 bits per heavy atom. The molecule has 0 aromatic heterocycles. The molecule has 13 heavy (non-hydrogen) atoms. The third-order valence-corrected chi connectivity index (χ3v) is 2.56. The van der Waals surface area contributed by atoms with Gasteiger partial charge in [0.2, 0.25) is 6.29 Å². The lowest BCUT2D eigenvalue weighted by atomic mass is 9.78. The normalized spacial score (nSPS) is 32.5. The van der Waals surface area contributed by atoms with Crippen molar-refractivity contribution in [2.24, 2.45) is 5.92 Å². The summed E-state index contributed by atoms with van der Waals surface area (Å²) < 4.78 is 0. The smallest absolute Gasteiger partial charge is 0.254 e. The summed E-state index contributed by atoms with van der Waals surface area (Å²) in [7, 11) is 0. The minimum absolute atomic E-state index is 0.433. The fourth-order valence-corrected chi connectivity index (χ4v) is 1.32. The van der Waals surface area contributed by atoms with Crippen molar-refractivity contribution < 1.29 is 9.72 Å². The summed E-state index contributed by atoms with van der Waals surface area (Å²) in [5.41, 5.74) is -0.746. The zero-order valence-electron chi connectivity index (χ0n) is 7.48. The summed E-state index contributed by atoms with van der Waals surface area (Å²) >= 11 is 0. The standard InChI is InChI=1S/C9H10NO3/c1-7-4-3-5-8(6-11)9(7,2)10(12)13/h3-5,8H,1-2H3. The molecule has 1 radical (unpaired) electrons. The first-order valence-corrected chi connectivity index (χ1v) is 3.91. The second kappa shape index (κ2) is 3.12. The molecule has 0 saturated carbocycles. The van der Waals surface area contributed by atoms with Gasteiger partial charge in [-0.15, -0.1) is 0 Å². The molecule has 0 aromatic carbocycles. The van der Waals surface area contributed by atoms with E-state index in [0.717, 1.165) is 0 Å². The van der Waals surface area contributed by atoms with E-state index < -0.39 is 16.4 Å². The first-order valence-electron chi connectivity index (χ1n) is 3.91. The van der Waals surface area contributed by atoms with Gasteiger partial charge < -0.3 is 0 Å². The van der Waals surface area contributed by atoms with Gasteiger partial charge in [0.05, 0.1) is 0 Å². The van der Waals surface area contributed by atoms with E-state index in [0.29, 0.717) is 5.57 Å². The first-order chi connectivity index (χ1) is 6.03. The minimum Gasteiger partial charge on any atom is -0.290 e. The molecule has 4 nitrogen and oxygen atoms in total. The average molecular weight is 180 g/mol. The summed E-state index contributed by atoms with van der Waals surface area (Å²) in [5, 5.41) is 10.8. The van der Waals surface area contributed by atoms with Crippen molar-refractivity contribution in [2.75, 3.05) is 0 Å². The highest BCUT2D eigenvalue weighted by atomic mass is 16.6. The Balaban J connectivity index is 3.17. The predicted molar refractivity (Wildman–Crippen MR) is 47.5 cm³/mol. The summed E-state index contributed by atoms with van der Waals surface area (Å²) in [4.78, 5) is 20.9. The van der Waals surface area contributed by atoms with E-state index in [9.17, 15) is 14.9 Å². The minimum atomic E-state index is -1.32. The van der Waals surface area contributed by atoms with Gasteiger partial charge in [-0.25, -0.2) is 0 Å². The Hall–Kier alpha value is -1.45. The van der Waals surface area contributed by atoms with E-state index in [4.69, 9.17) is 0 Å². The largest absolute Gasteiger partial charge is 0.290 e. The number of hydrogen-bond donors (Lipinski definition) is 0. The van der Waals surface area contributed by atoms with Gasteiger partial charge in [-0.05, 0) is 6.92 Å². The topological polar surface area (TPSA) is 60.2 Å². The van der Waals surface area contributed by atoms with Crippen LogP contribution in [0.1, 0.15) is 13.8 Å². The van der Waals surface area contributed by atoms with Gasteiger partial charge in [0.25, 0.3) is 5.54 Å². The monoisotopic (exact) mass is 180 g/mol. The Kier molecular flexibility index (Phi) is 2.32. The Labute approximate surface area is 76.1 Å². The second-order valence-corrected chi connectivity index (χ2v) is 3.23. The number of allylic oxidation sites excluding steroid dienone is 2. The van der Waals surface area contributed by atoms with Crippen LogP contribution in [0.2, 0.25) is 0 Å². The molecule has 0 saturated heterocycles. The fourth-order valence-electron chi connectivity index (χ4n) is 1.32. The van der Waals surface area contributed by atoms with Crippen molar-refractivity contribution >= 4 is 6.29 Å². The lowest BCUT2D eigenvalue weighted by Crippen LogP contribution is -2.44. The van der Waals surface area contributed by atoms with Crippen LogP contribution >= 0.6 is 0 Å². The highest BCUT2D eigenvalue weighted by Gasteiger charge is 2.47. The van der Waals surface area contributed by atoms with Crippen LogP contribution in [-0.2, 0) is 4.79 Å². The summed E-state index contributed by atoms with van der Waals surface area (Å²) in [5.74, 6) is -0.785. The SMILES string of the molecule is CC1=CC=CC([C]=O)C1(C)[N+](=O)[O-]. The lowest BCUT2D eigenvalue weighted by Gasteiger charge is -2.26. The van der Waals surface area contributed by atoms with Gasteiger partial charge in [0, 0.05) is 17.4 Å². The maximum absolute atomic E-state index is 10.8. The third kappa shape index (κ3) is 1.28. The van der Waals surface area contributed by atoms with Crippen LogP contribution < -0.4 is 0 Å². The van der Waals surface area contributed by atoms with Crippen LogP contribution in [0.3, 0.4) is 0 Å². The van der Waals surface area contributed by atoms with E-state index in [1.54, 1.807) is 25.4 Å². The van der Waals surface area contributed by atoms with E-state index >= 15 is 0 Å². The molecule has 1 aliphatic rings. The zero-order valence-corrected chi connectivity index (χ0v) is 7.48. The van der Waals surface area contributed by atoms with E-state index in [1.165, 1.54) is 13.0 Å². The summed E-state index contributed by atoms with van der Waals surface area (Å²) in [6.45, 7) is 3.09. The number of rotatable bonds is 2. The zero-order chi connectivity index (χ0) is 10.1. The van der Waals surface area contributed by atoms with Crippen LogP contribution in [0, 0.1) is 16.0 Å². The fraction of sp³-hybridized carbons (Fsp3) is 0.444. The van der Waals surface area contributed by atoms with Crippen molar-refractivity contribution in [3.8, 4) is 0 Å². The van der Waals surface area contributed by atoms with Crippen molar-refractivity contribution in [1.82, 2.24) is 0 Å². The molecule has 0 spiro atoms. The number of carbonyl (C=O) groups excluding carboxylic acids is 1. The summed E-state index contributed by atoms with van der Waals surface area (Å²) in [6, 6.07) is 0. The molecule has 0 N–H and O–H groups in total. The van der Waals surface area contributed by atoms with Gasteiger partial charge >= 0.3 is 0 Å². The van der Waals surface area contributed by atoms with Crippen molar-refractivity contribution in [3.63, 3.8) is 0 Å². The predicted octanol–water partition coefficient (Wildman–Crippen LogP) is 1.26. The molecule has 0 heterocycles. The van der Waals surface area contributed by atoms with Crippen LogP contribution in [-0.4, -0.2) is 16.7 Å². The lowest BCUT2D eigenvalue weighted by molar-refractivity contribution is -0.557. The molecular formula is C9H10NO3. The summed E-state index contributed by atoms with van der Waals surface area (Å²) in [6.07, 6.45) is 6.49. The highest BCUT2D eigenvalue weighted by molar-refractivity contribution is 5.62. The molecule has 1 aliphatic carbocycles. The first kappa shape index (κ1) is 9.64. The molecule has 0 aromatic rings. The molecular weight excluding hydrogens is 170 g/mol. The Bertz CT molecular complexity index is 306. The third-order valence-electron chi connectivity index (χ3n) is 2.56. The Morgan fingerprint density at radius 2 is 2.31 bits per heavy atom. The van der Waals surface area contributed by atoms with Crippen LogP contribution in [0.25, 0.3) is 0 Å². The van der Waals surface area contributed by atoms with E-state index in [2.05, 4.69) is 0 Å². The number of hydrogen-bond acceptors (Lipinski definition) is 3. The van der Waals surface area contributed by atoms with Crippen molar-refractivity contribution in [2.45, 2.75) is 19.4 Å². The van der Waals surface area contributed by atoms with E-state index in [1.807, 2.05) is 0 Å². The quantitative estimate of drug-likeness (QED) is 0.474. The van der Waals surface area contributed by atoms with Gasteiger partial charge in [0.15, 0.2) is 0 Å². The highest BCUT2D eigenvalue weighted by Crippen LogP contribution is 2.31. The molecule has 2 unspecified atom stereocenters. The molecule has 0 amide bonds. The molecule has 4 heteroatoms. The van der Waals surface area contributed by atoms with Crippen LogP contribution in [0.15, 0.2) is 23.8 Å². The molecule has 1 rings (SSSR count). The van der Waals surface area contributed by atoms with Gasteiger partial charge in [-0.3, -0.25) is 14.9 Å². The van der Waals surface area contributed by atoms with Gasteiger partial charge in [0.1, 0.15) is 5.92 Å². The molecule has 69 valence electrons. The maximum Gasteiger partial charge on any atom is 0.254 e. The van der Waals surface area contributed by atoms with Crippen LogP contribution in [0.5, 0.6) is 0 Å². The maximum atomic E-state index is 10.8. The molecule has 2 atom stereocenters. The number of nitro groups is 1. The van der Waals surface area contributed by atoms with Gasteiger partial charge in [-0.2, -0.15) is 0 Å². The van der Waals surface area contributed by atoms with Crippen molar-refractivity contribution in [3.05, 3.63) is 33.9 Å². The Morgan fingerprint density at radius 1 is 1.69 bits per heavy atom. The number of nitrogens with zero attached hydrogens (tertiary/aromatic N) is 1. The van der Waals surface area contributed by atoms with E-state index in [-0.39, 0.29) is 0 Å². The van der Waals surface area contributed by atoms with Crippen LogP contribution in [0.4, 0.5) is 0 Å². The molecule has 0 bridgehead atoms. The molecule has 0 fully saturated rings. The average Bonchev–Trinajstić information content (AvgIpc) is 2.09. The second-order valence-electron chi connectivity index (χ2n) is 3.23. The molecule has 0 aliphatic heterocycles.